The summed E-state index contributed by atoms with van der Waals surface area (Å²) in [5.41, 5.74) is 7.36. The van der Waals surface area contributed by atoms with Crippen LogP contribution in [0.5, 0.6) is 5.75 Å². The Morgan fingerprint density at radius 1 is 1.45 bits per heavy atom. The van der Waals surface area contributed by atoms with Crippen molar-refractivity contribution in [3.63, 3.8) is 0 Å². The highest BCUT2D eigenvalue weighted by Crippen LogP contribution is 2.37. The number of phenols is 1. The van der Waals surface area contributed by atoms with Crippen molar-refractivity contribution in [1.29, 1.82) is 0 Å². The Bertz CT molecular complexity index is 736. The fourth-order valence-electron chi connectivity index (χ4n) is 2.33. The molecule has 0 unspecified atom stereocenters. The van der Waals surface area contributed by atoms with Crippen LogP contribution in [0, 0.1) is 6.92 Å². The maximum absolute atomic E-state index is 11.6. The van der Waals surface area contributed by atoms with Gasteiger partial charge in [0.2, 0.25) is 0 Å². The Hall–Kier alpha value is -2.07. The van der Waals surface area contributed by atoms with Crippen LogP contribution in [-0.4, -0.2) is 5.11 Å². The summed E-state index contributed by atoms with van der Waals surface area (Å²) in [6, 6.07) is 3.22. The minimum atomic E-state index is -0.698. The normalized spacial score (nSPS) is 11.8. The van der Waals surface area contributed by atoms with Gasteiger partial charge in [0.1, 0.15) is 11.3 Å². The zero-order chi connectivity index (χ0) is 15.1. The van der Waals surface area contributed by atoms with E-state index in [0.29, 0.717) is 23.1 Å². The van der Waals surface area contributed by atoms with E-state index in [1.807, 2.05) is 20.8 Å². The topological polar surface area (TPSA) is 76.5 Å². The molecule has 106 valence electrons. The van der Waals surface area contributed by atoms with E-state index >= 15 is 0 Å². The van der Waals surface area contributed by atoms with Gasteiger partial charge in [-0.2, -0.15) is 0 Å². The molecule has 0 aliphatic heterocycles. The third-order valence-electron chi connectivity index (χ3n) is 3.35. The largest absolute Gasteiger partial charge is 0.507 e. The number of nitrogens with two attached hydrogens (primary N) is 1. The SMILES string of the molecule is C=CCc1c(O)c(C(C)(C)N)cc2c(C)cc(=O)oc12. The number of benzene rings is 1. The Balaban J connectivity index is 2.98. The van der Waals surface area contributed by atoms with Crippen LogP contribution < -0.4 is 11.4 Å². The van der Waals surface area contributed by atoms with E-state index in [4.69, 9.17) is 10.2 Å². The lowest BCUT2D eigenvalue weighted by atomic mass is 9.89. The molecule has 0 fully saturated rings. The summed E-state index contributed by atoms with van der Waals surface area (Å²) in [5, 5.41) is 11.2. The smallest absolute Gasteiger partial charge is 0.336 e. The standard InChI is InChI=1S/C16H19NO3/c1-5-6-10-14(19)12(16(3,4)17)8-11-9(2)7-13(18)20-15(10)11/h5,7-8,19H,1,6,17H2,2-4H3. The van der Waals surface area contributed by atoms with Crippen LogP contribution in [0.25, 0.3) is 11.0 Å². The summed E-state index contributed by atoms with van der Waals surface area (Å²) in [4.78, 5) is 11.6. The molecule has 0 aliphatic carbocycles. The van der Waals surface area contributed by atoms with Gasteiger partial charge in [0.05, 0.1) is 0 Å². The summed E-state index contributed by atoms with van der Waals surface area (Å²) in [6.45, 7) is 9.15. The number of hydrogen-bond donors (Lipinski definition) is 2. The molecule has 0 saturated heterocycles. The fourth-order valence-corrected chi connectivity index (χ4v) is 2.33. The van der Waals surface area contributed by atoms with Gasteiger partial charge in [-0.25, -0.2) is 4.79 Å². The van der Waals surface area contributed by atoms with Gasteiger partial charge >= 0.3 is 5.63 Å². The molecule has 0 amide bonds. The number of fused-ring (bicyclic) bond motifs is 1. The van der Waals surface area contributed by atoms with Crippen LogP contribution in [0.2, 0.25) is 0 Å². The molecule has 1 aromatic heterocycles. The van der Waals surface area contributed by atoms with E-state index < -0.39 is 11.2 Å². The predicted molar refractivity (Wildman–Crippen MR) is 80.0 cm³/mol. The van der Waals surface area contributed by atoms with Gasteiger partial charge in [-0.15, -0.1) is 6.58 Å². The molecular weight excluding hydrogens is 254 g/mol. The fraction of sp³-hybridized carbons (Fsp3) is 0.312. The third-order valence-corrected chi connectivity index (χ3v) is 3.35. The first-order valence-electron chi connectivity index (χ1n) is 6.45. The molecule has 0 aliphatic rings. The van der Waals surface area contributed by atoms with E-state index in [1.165, 1.54) is 6.07 Å². The molecule has 20 heavy (non-hydrogen) atoms. The first-order valence-corrected chi connectivity index (χ1v) is 6.45. The predicted octanol–water partition coefficient (Wildman–Crippen LogP) is 2.73. The highest BCUT2D eigenvalue weighted by molar-refractivity contribution is 5.86. The highest BCUT2D eigenvalue weighted by Gasteiger charge is 2.24. The molecule has 0 spiro atoms. The molecule has 2 aromatic rings. The maximum Gasteiger partial charge on any atom is 0.336 e. The molecule has 3 N–H and O–H groups in total. The number of hydrogen-bond acceptors (Lipinski definition) is 4. The first-order chi connectivity index (χ1) is 9.25. The van der Waals surface area contributed by atoms with E-state index in [-0.39, 0.29) is 5.75 Å². The van der Waals surface area contributed by atoms with Crippen molar-refractivity contribution in [3.8, 4) is 5.75 Å². The van der Waals surface area contributed by atoms with E-state index in [9.17, 15) is 9.90 Å². The van der Waals surface area contributed by atoms with Gasteiger partial charge < -0.3 is 15.3 Å². The second kappa shape index (κ2) is 4.80. The Morgan fingerprint density at radius 2 is 2.10 bits per heavy atom. The van der Waals surface area contributed by atoms with Crippen LogP contribution in [0.4, 0.5) is 0 Å². The second-order valence-corrected chi connectivity index (χ2v) is 5.59. The van der Waals surface area contributed by atoms with Gasteiger partial charge in [-0.3, -0.25) is 0 Å². The molecule has 0 radical (unpaired) electrons. The van der Waals surface area contributed by atoms with Crippen molar-refractivity contribution in [2.45, 2.75) is 32.7 Å². The number of aryl methyl sites for hydroxylation is 1. The lowest BCUT2D eigenvalue weighted by Crippen LogP contribution is -2.29. The minimum Gasteiger partial charge on any atom is -0.507 e. The van der Waals surface area contributed by atoms with Crippen LogP contribution in [0.3, 0.4) is 0 Å². The quantitative estimate of drug-likeness (QED) is 0.666. The van der Waals surface area contributed by atoms with Crippen LogP contribution in [0.15, 0.2) is 34.0 Å². The van der Waals surface area contributed by atoms with Crippen LogP contribution >= 0.6 is 0 Å². The molecule has 0 bridgehead atoms. The summed E-state index contributed by atoms with van der Waals surface area (Å²) >= 11 is 0. The lowest BCUT2D eigenvalue weighted by molar-refractivity contribution is 0.434. The van der Waals surface area contributed by atoms with Crippen molar-refractivity contribution < 1.29 is 9.52 Å². The van der Waals surface area contributed by atoms with Crippen molar-refractivity contribution >= 4 is 11.0 Å². The van der Waals surface area contributed by atoms with Gasteiger partial charge in [0.15, 0.2) is 0 Å². The molecule has 1 heterocycles. The number of rotatable bonds is 3. The Morgan fingerprint density at radius 3 is 2.65 bits per heavy atom. The maximum atomic E-state index is 11.6. The van der Waals surface area contributed by atoms with Gasteiger partial charge in [0, 0.05) is 28.1 Å². The van der Waals surface area contributed by atoms with E-state index in [1.54, 1.807) is 12.1 Å². The van der Waals surface area contributed by atoms with Crippen LogP contribution in [-0.2, 0) is 12.0 Å². The first kappa shape index (κ1) is 14.3. The summed E-state index contributed by atoms with van der Waals surface area (Å²) < 4.78 is 5.27. The van der Waals surface area contributed by atoms with Crippen molar-refractivity contribution in [1.82, 2.24) is 0 Å². The lowest BCUT2D eigenvalue weighted by Gasteiger charge is -2.23. The van der Waals surface area contributed by atoms with Gasteiger partial charge in [-0.1, -0.05) is 6.08 Å². The molecule has 0 atom stereocenters. The monoisotopic (exact) mass is 273 g/mol. The summed E-state index contributed by atoms with van der Waals surface area (Å²) in [6.07, 6.45) is 2.06. The zero-order valence-corrected chi connectivity index (χ0v) is 12.0. The van der Waals surface area contributed by atoms with Gasteiger partial charge in [0.25, 0.3) is 0 Å². The molecule has 1 aromatic carbocycles. The van der Waals surface area contributed by atoms with Gasteiger partial charge in [-0.05, 0) is 38.8 Å². The van der Waals surface area contributed by atoms with Crippen molar-refractivity contribution in [2.75, 3.05) is 0 Å². The average molecular weight is 273 g/mol. The van der Waals surface area contributed by atoms with Crippen molar-refractivity contribution in [2.24, 2.45) is 5.73 Å². The van der Waals surface area contributed by atoms with Crippen LogP contribution in [0.1, 0.15) is 30.5 Å². The van der Waals surface area contributed by atoms with E-state index in [0.717, 1.165) is 10.9 Å². The second-order valence-electron chi connectivity index (χ2n) is 5.59. The molecule has 4 heteroatoms. The molecular formula is C16H19NO3. The average Bonchev–Trinajstić information content (AvgIpc) is 2.31. The highest BCUT2D eigenvalue weighted by atomic mass is 16.4. The minimum absolute atomic E-state index is 0.0682. The number of phenolic OH excluding ortho intramolecular Hbond substituents is 1. The molecule has 4 nitrogen and oxygen atoms in total. The summed E-state index contributed by atoms with van der Waals surface area (Å²) in [7, 11) is 0. The van der Waals surface area contributed by atoms with Crippen molar-refractivity contribution in [3.05, 3.63) is 51.9 Å². The zero-order valence-electron chi connectivity index (χ0n) is 12.0. The van der Waals surface area contributed by atoms with E-state index in [2.05, 4.69) is 6.58 Å². The third kappa shape index (κ3) is 2.34. The molecule has 2 rings (SSSR count). The molecule has 0 saturated carbocycles. The Kier molecular flexibility index (Phi) is 3.44. The number of allylic oxidation sites excluding steroid dienone is 1. The summed E-state index contributed by atoms with van der Waals surface area (Å²) in [5.74, 6) is 0.0682. The Labute approximate surface area is 117 Å². The number of aromatic hydroxyl groups is 1.